The summed E-state index contributed by atoms with van der Waals surface area (Å²) in [5.41, 5.74) is 1.90. The Morgan fingerprint density at radius 3 is 2.17 bits per heavy atom. The Labute approximate surface area is 244 Å². The normalized spacial score (nSPS) is 19.2. The van der Waals surface area contributed by atoms with Gasteiger partial charge in [0.2, 0.25) is 11.7 Å². The van der Waals surface area contributed by atoms with Gasteiger partial charge in [0.1, 0.15) is 12.1 Å². The number of esters is 1. The highest BCUT2D eigenvalue weighted by Crippen LogP contribution is 2.45. The number of benzene rings is 2. The van der Waals surface area contributed by atoms with Crippen LogP contribution in [0.2, 0.25) is 0 Å². The Morgan fingerprint density at radius 1 is 0.878 bits per heavy atom. The van der Waals surface area contributed by atoms with Crippen LogP contribution in [0, 0.1) is 5.92 Å². The summed E-state index contributed by atoms with van der Waals surface area (Å²) in [7, 11) is 4.74. The van der Waals surface area contributed by atoms with Gasteiger partial charge in [0.15, 0.2) is 11.5 Å². The van der Waals surface area contributed by atoms with Crippen molar-refractivity contribution in [3.05, 3.63) is 53.6 Å². The molecule has 1 saturated heterocycles. The van der Waals surface area contributed by atoms with Crippen molar-refractivity contribution < 1.29 is 33.3 Å². The van der Waals surface area contributed by atoms with Crippen molar-refractivity contribution in [2.75, 3.05) is 34.5 Å². The Kier molecular flexibility index (Phi) is 11.3. The average Bonchev–Trinajstić information content (AvgIpc) is 3.01. The highest BCUT2D eigenvalue weighted by Gasteiger charge is 2.41. The molecule has 2 aromatic carbocycles. The summed E-state index contributed by atoms with van der Waals surface area (Å²) in [5, 5.41) is 0. The van der Waals surface area contributed by atoms with Gasteiger partial charge in [-0.1, -0.05) is 49.6 Å². The molecule has 3 atom stereocenters. The molecular weight excluding hydrogens is 522 g/mol. The monoisotopic (exact) mass is 567 g/mol. The first-order chi connectivity index (χ1) is 20.0. The first kappa shape index (κ1) is 30.7. The van der Waals surface area contributed by atoms with E-state index >= 15 is 0 Å². The molecule has 2 unspecified atom stereocenters. The van der Waals surface area contributed by atoms with Gasteiger partial charge in [0.25, 0.3) is 0 Å². The predicted octanol–water partition coefficient (Wildman–Crippen LogP) is 5.91. The third-order valence-corrected chi connectivity index (χ3v) is 8.27. The molecule has 0 aromatic heterocycles. The molecule has 1 aliphatic carbocycles. The third kappa shape index (κ3) is 7.73. The minimum atomic E-state index is -0.610. The summed E-state index contributed by atoms with van der Waals surface area (Å²) >= 11 is 0. The Morgan fingerprint density at radius 2 is 1.54 bits per heavy atom. The molecule has 224 valence electrons. The quantitative estimate of drug-likeness (QED) is 0.295. The highest BCUT2D eigenvalue weighted by atomic mass is 16.6. The molecule has 41 heavy (non-hydrogen) atoms. The van der Waals surface area contributed by atoms with E-state index in [1.54, 1.807) is 26.2 Å². The van der Waals surface area contributed by atoms with E-state index in [2.05, 4.69) is 0 Å². The lowest BCUT2D eigenvalue weighted by Gasteiger charge is -2.39. The maximum Gasteiger partial charge on any atom is 0.329 e. The first-order valence-corrected chi connectivity index (χ1v) is 14.9. The number of methoxy groups -OCH3 is 3. The second-order valence-corrected chi connectivity index (χ2v) is 11.1. The van der Waals surface area contributed by atoms with E-state index in [4.69, 9.17) is 23.7 Å². The van der Waals surface area contributed by atoms with Crippen LogP contribution in [0.1, 0.15) is 75.3 Å². The fourth-order valence-corrected chi connectivity index (χ4v) is 6.21. The van der Waals surface area contributed by atoms with E-state index in [0.29, 0.717) is 36.8 Å². The second kappa shape index (κ2) is 15.1. The molecule has 1 aliphatic heterocycles. The lowest BCUT2D eigenvalue weighted by Crippen LogP contribution is -2.51. The maximum absolute atomic E-state index is 14.5. The van der Waals surface area contributed by atoms with Gasteiger partial charge in [0, 0.05) is 6.54 Å². The van der Waals surface area contributed by atoms with Crippen LogP contribution in [0.3, 0.4) is 0 Å². The number of likely N-dealkylation sites (tertiary alicyclic amines) is 1. The minimum absolute atomic E-state index is 0.0270. The van der Waals surface area contributed by atoms with Crippen molar-refractivity contribution in [1.29, 1.82) is 0 Å². The van der Waals surface area contributed by atoms with E-state index < -0.39 is 18.1 Å². The van der Waals surface area contributed by atoms with Crippen LogP contribution >= 0.6 is 0 Å². The number of hydrogen-bond donors (Lipinski definition) is 0. The molecule has 0 bridgehead atoms. The summed E-state index contributed by atoms with van der Waals surface area (Å²) < 4.78 is 28.4. The maximum atomic E-state index is 14.5. The number of rotatable bonds is 12. The number of ether oxygens (including phenoxy) is 5. The SMILES string of the molecule is COc1cc(C(C(=O)N2CCCC[C@@H]2C(=O)OC(C)COCc2ccccc2)C2CCCCC2)cc(OC)c1OC. The van der Waals surface area contributed by atoms with Crippen molar-refractivity contribution in [1.82, 2.24) is 4.90 Å². The molecule has 2 fully saturated rings. The minimum Gasteiger partial charge on any atom is -0.493 e. The second-order valence-electron chi connectivity index (χ2n) is 11.1. The van der Waals surface area contributed by atoms with Crippen LogP contribution in [0.4, 0.5) is 0 Å². The van der Waals surface area contributed by atoms with E-state index in [-0.39, 0.29) is 24.4 Å². The molecule has 8 nitrogen and oxygen atoms in total. The molecule has 0 radical (unpaired) electrons. The lowest BCUT2D eigenvalue weighted by molar-refractivity contribution is -0.164. The summed E-state index contributed by atoms with van der Waals surface area (Å²) in [6.45, 7) is 3.11. The first-order valence-electron chi connectivity index (χ1n) is 14.9. The molecule has 2 aromatic rings. The number of amides is 1. The van der Waals surface area contributed by atoms with Gasteiger partial charge >= 0.3 is 5.97 Å². The lowest BCUT2D eigenvalue weighted by atomic mass is 9.75. The Balaban J connectivity index is 1.52. The van der Waals surface area contributed by atoms with Crippen molar-refractivity contribution in [3.8, 4) is 17.2 Å². The van der Waals surface area contributed by atoms with Crippen molar-refractivity contribution in [2.24, 2.45) is 5.92 Å². The van der Waals surface area contributed by atoms with E-state index in [1.165, 1.54) is 6.42 Å². The fourth-order valence-electron chi connectivity index (χ4n) is 6.21. The largest absolute Gasteiger partial charge is 0.493 e. The van der Waals surface area contributed by atoms with Gasteiger partial charge in [-0.3, -0.25) is 4.79 Å². The van der Waals surface area contributed by atoms with E-state index in [1.807, 2.05) is 49.4 Å². The van der Waals surface area contributed by atoms with Crippen LogP contribution in [-0.4, -0.2) is 63.4 Å². The zero-order valence-electron chi connectivity index (χ0n) is 24.9. The Hall–Kier alpha value is -3.26. The Bertz CT molecular complexity index is 1110. The number of carbonyl (C=O) groups is 2. The molecule has 2 aliphatic rings. The van der Waals surface area contributed by atoms with Crippen LogP contribution in [-0.2, 0) is 25.7 Å². The summed E-state index contributed by atoms with van der Waals surface area (Å²) in [6.07, 6.45) is 7.19. The van der Waals surface area contributed by atoms with Gasteiger partial charge in [-0.15, -0.1) is 0 Å². The summed E-state index contributed by atoms with van der Waals surface area (Å²) in [6, 6.07) is 13.1. The van der Waals surface area contributed by atoms with Crippen LogP contribution < -0.4 is 14.2 Å². The average molecular weight is 568 g/mol. The van der Waals surface area contributed by atoms with E-state index in [9.17, 15) is 9.59 Å². The van der Waals surface area contributed by atoms with Crippen LogP contribution in [0.5, 0.6) is 17.2 Å². The van der Waals surface area contributed by atoms with Gasteiger partial charge in [-0.05, 0) is 68.2 Å². The van der Waals surface area contributed by atoms with Crippen molar-refractivity contribution >= 4 is 11.9 Å². The molecule has 1 saturated carbocycles. The molecular formula is C33H45NO7. The number of piperidine rings is 1. The zero-order valence-corrected chi connectivity index (χ0v) is 24.9. The molecule has 8 heteroatoms. The molecule has 0 spiro atoms. The topological polar surface area (TPSA) is 83.5 Å². The predicted molar refractivity (Wildman–Crippen MR) is 156 cm³/mol. The van der Waals surface area contributed by atoms with Crippen LogP contribution in [0.15, 0.2) is 42.5 Å². The van der Waals surface area contributed by atoms with Gasteiger partial charge < -0.3 is 28.6 Å². The number of hydrogen-bond acceptors (Lipinski definition) is 7. The van der Waals surface area contributed by atoms with Crippen LogP contribution in [0.25, 0.3) is 0 Å². The highest BCUT2D eigenvalue weighted by molar-refractivity contribution is 5.89. The van der Waals surface area contributed by atoms with Crippen molar-refractivity contribution in [2.45, 2.75) is 83.0 Å². The number of nitrogens with zero attached hydrogens (tertiary/aromatic N) is 1. The standard InChI is InChI=1S/C33H45NO7/c1-23(21-40-22-24-13-7-5-8-14-24)41-33(36)27-17-11-12-18-34(27)32(35)30(25-15-9-6-10-16-25)26-19-28(37-2)31(39-4)29(20-26)38-3/h5,7-8,13-14,19-20,23,25,27,30H,6,9-12,15-18,21-22H2,1-4H3/t23?,27-,30?/m1/s1. The van der Waals surface area contributed by atoms with Crippen molar-refractivity contribution in [3.63, 3.8) is 0 Å². The summed E-state index contributed by atoms with van der Waals surface area (Å²) in [5.74, 6) is 0.911. The summed E-state index contributed by atoms with van der Waals surface area (Å²) in [4.78, 5) is 29.7. The van der Waals surface area contributed by atoms with Gasteiger partial charge in [0.05, 0.1) is 40.5 Å². The van der Waals surface area contributed by atoms with Gasteiger partial charge in [-0.2, -0.15) is 0 Å². The fraction of sp³-hybridized carbons (Fsp3) is 0.576. The van der Waals surface area contributed by atoms with Gasteiger partial charge in [-0.25, -0.2) is 4.79 Å². The smallest absolute Gasteiger partial charge is 0.329 e. The molecule has 4 rings (SSSR count). The third-order valence-electron chi connectivity index (χ3n) is 8.27. The molecule has 0 N–H and O–H groups in total. The van der Waals surface area contributed by atoms with E-state index in [0.717, 1.165) is 49.7 Å². The zero-order chi connectivity index (χ0) is 29.2. The molecule has 1 heterocycles. The number of carbonyl (C=O) groups excluding carboxylic acids is 2. The molecule has 1 amide bonds.